The van der Waals surface area contributed by atoms with Crippen LogP contribution in [0.1, 0.15) is 46.2 Å². The lowest BCUT2D eigenvalue weighted by Crippen LogP contribution is -2.71. The molecule has 2 unspecified atom stereocenters. The number of nitrogen functional groups attached to an aromatic ring is 1. The standard InChI is InChI=1S/C24H33N5O9S2/c1-6-14(7-2)38-24(33)37-12(4)36-22(32)18-13(9-34-5)10-39-21-17(20(31)29(18)21)27-19(30)16(28-35-8-3)15-11-40-23(25)26-15/h11-12,14,17,21H,6-10H2,1-5H3,(H2,25,26)(H,27,30)/t12?,17?,21-/m1/s1. The Morgan fingerprint density at radius 1 is 1.23 bits per heavy atom. The van der Waals surface area contributed by atoms with E-state index in [2.05, 4.69) is 15.5 Å². The number of amides is 2. The molecule has 0 bridgehead atoms. The minimum atomic E-state index is -1.28. The smallest absolute Gasteiger partial charge is 0.431 e. The van der Waals surface area contributed by atoms with Crippen LogP contribution >= 0.6 is 23.1 Å². The molecule has 2 aliphatic rings. The molecule has 0 saturated carbocycles. The molecule has 14 nitrogen and oxygen atoms in total. The van der Waals surface area contributed by atoms with Crippen molar-refractivity contribution in [2.24, 2.45) is 5.16 Å². The number of rotatable bonds is 13. The summed E-state index contributed by atoms with van der Waals surface area (Å²) in [5, 5.41) is 7.68. The quantitative estimate of drug-likeness (QED) is 0.111. The number of nitrogens with zero attached hydrogens (tertiary/aromatic N) is 3. The van der Waals surface area contributed by atoms with Gasteiger partial charge in [0, 0.05) is 25.2 Å². The molecule has 3 rings (SSSR count). The van der Waals surface area contributed by atoms with Crippen LogP contribution in [0.4, 0.5) is 9.93 Å². The van der Waals surface area contributed by atoms with Crippen molar-refractivity contribution >= 4 is 57.9 Å². The largest absolute Gasteiger partial charge is 0.511 e. The highest BCUT2D eigenvalue weighted by atomic mass is 32.2. The number of nitrogens with two attached hydrogens (primary N) is 1. The fourth-order valence-corrected chi connectivity index (χ4v) is 5.76. The van der Waals surface area contributed by atoms with E-state index in [-0.39, 0.29) is 41.6 Å². The van der Waals surface area contributed by atoms with Gasteiger partial charge in [0.1, 0.15) is 35.5 Å². The van der Waals surface area contributed by atoms with Crippen LogP contribution in [-0.4, -0.2) is 89.4 Å². The number of carbonyl (C=O) groups excluding carboxylic acids is 4. The van der Waals surface area contributed by atoms with Crippen molar-refractivity contribution in [1.82, 2.24) is 15.2 Å². The van der Waals surface area contributed by atoms with Crippen LogP contribution in [0.2, 0.25) is 0 Å². The molecule has 1 fully saturated rings. The molecule has 0 aliphatic carbocycles. The monoisotopic (exact) mass is 599 g/mol. The second-order valence-electron chi connectivity index (χ2n) is 8.57. The number of aromatic nitrogens is 1. The van der Waals surface area contributed by atoms with E-state index in [1.54, 1.807) is 12.3 Å². The van der Waals surface area contributed by atoms with E-state index in [0.717, 1.165) is 11.3 Å². The van der Waals surface area contributed by atoms with Gasteiger partial charge in [-0.05, 0) is 25.3 Å². The first-order valence-corrected chi connectivity index (χ1v) is 14.5. The molecule has 3 atom stereocenters. The summed E-state index contributed by atoms with van der Waals surface area (Å²) < 4.78 is 20.8. The number of thiazole rings is 1. The lowest BCUT2D eigenvalue weighted by molar-refractivity contribution is -0.169. The number of oxime groups is 1. The van der Waals surface area contributed by atoms with Gasteiger partial charge in [-0.15, -0.1) is 23.1 Å². The Labute approximate surface area is 239 Å². The minimum Gasteiger partial charge on any atom is -0.431 e. The summed E-state index contributed by atoms with van der Waals surface area (Å²) >= 11 is 2.47. The van der Waals surface area contributed by atoms with Gasteiger partial charge < -0.3 is 34.8 Å². The van der Waals surface area contributed by atoms with Gasteiger partial charge in [-0.25, -0.2) is 14.6 Å². The topological polar surface area (TPSA) is 181 Å². The predicted molar refractivity (Wildman–Crippen MR) is 146 cm³/mol. The van der Waals surface area contributed by atoms with Crippen LogP contribution in [0.25, 0.3) is 0 Å². The number of nitrogens with one attached hydrogen (secondary N) is 1. The summed E-state index contributed by atoms with van der Waals surface area (Å²) in [5.41, 5.74) is 6.24. The fourth-order valence-electron chi connectivity index (χ4n) is 3.88. The van der Waals surface area contributed by atoms with Crippen molar-refractivity contribution in [1.29, 1.82) is 0 Å². The van der Waals surface area contributed by atoms with Gasteiger partial charge in [0.2, 0.25) is 6.29 Å². The molecule has 220 valence electrons. The summed E-state index contributed by atoms with van der Waals surface area (Å²) in [4.78, 5) is 61.9. The number of hydrogen-bond acceptors (Lipinski definition) is 14. The lowest BCUT2D eigenvalue weighted by Gasteiger charge is -2.49. The summed E-state index contributed by atoms with van der Waals surface area (Å²) in [6, 6.07) is -0.962. The fraction of sp³-hybridized carbons (Fsp3) is 0.583. The van der Waals surface area contributed by atoms with Gasteiger partial charge >= 0.3 is 12.1 Å². The van der Waals surface area contributed by atoms with Crippen molar-refractivity contribution in [2.75, 3.05) is 31.8 Å². The third-order valence-electron chi connectivity index (χ3n) is 5.82. The summed E-state index contributed by atoms with van der Waals surface area (Å²) in [7, 11) is 1.46. The molecule has 2 amide bonds. The van der Waals surface area contributed by atoms with Gasteiger partial charge in [0.05, 0.1) is 6.61 Å². The Kier molecular flexibility index (Phi) is 11.2. The first-order chi connectivity index (χ1) is 19.1. The van der Waals surface area contributed by atoms with Crippen LogP contribution in [0.15, 0.2) is 21.8 Å². The Hall–Kier alpha value is -3.37. The first-order valence-electron chi connectivity index (χ1n) is 12.6. The molecule has 2 aliphatic heterocycles. The molecule has 40 heavy (non-hydrogen) atoms. The highest BCUT2D eigenvalue weighted by Gasteiger charge is 2.55. The van der Waals surface area contributed by atoms with E-state index in [1.807, 2.05) is 13.8 Å². The maximum Gasteiger partial charge on any atom is 0.511 e. The van der Waals surface area contributed by atoms with Crippen LogP contribution in [-0.2, 0) is 38.2 Å². The third-order valence-corrected chi connectivity index (χ3v) is 7.83. The molecular formula is C24H33N5O9S2. The number of ether oxygens (including phenoxy) is 4. The number of hydrogen-bond donors (Lipinski definition) is 2. The van der Waals surface area contributed by atoms with Crippen LogP contribution < -0.4 is 11.1 Å². The molecule has 0 radical (unpaired) electrons. The van der Waals surface area contributed by atoms with E-state index in [1.165, 1.54) is 30.7 Å². The molecule has 3 heterocycles. The summed E-state index contributed by atoms with van der Waals surface area (Å²) in [6.07, 6.45) is -1.35. The minimum absolute atomic E-state index is 0.0274. The first kappa shape index (κ1) is 31.2. The molecule has 1 aromatic rings. The maximum atomic E-state index is 13.2. The normalized spacial score (nSPS) is 19.5. The number of esters is 1. The second-order valence-corrected chi connectivity index (χ2v) is 10.6. The molecule has 1 aromatic heterocycles. The Balaban J connectivity index is 1.72. The predicted octanol–water partition coefficient (Wildman–Crippen LogP) is 2.00. The maximum absolute atomic E-state index is 13.2. The number of anilines is 1. The van der Waals surface area contributed by atoms with Crippen LogP contribution in [0, 0.1) is 0 Å². The molecule has 0 aromatic carbocycles. The zero-order chi connectivity index (χ0) is 29.4. The molecule has 16 heteroatoms. The number of β-lactam (4-membered cyclic amide) rings is 1. The van der Waals surface area contributed by atoms with E-state index >= 15 is 0 Å². The number of thioether (sulfide) groups is 1. The average Bonchev–Trinajstić information content (AvgIpc) is 3.35. The summed E-state index contributed by atoms with van der Waals surface area (Å²) in [5.74, 6) is -1.78. The van der Waals surface area contributed by atoms with Crippen molar-refractivity contribution in [2.45, 2.75) is 64.3 Å². The van der Waals surface area contributed by atoms with E-state index in [4.69, 9.17) is 29.5 Å². The summed E-state index contributed by atoms with van der Waals surface area (Å²) in [6.45, 7) is 7.07. The van der Waals surface area contributed by atoms with Crippen molar-refractivity contribution in [3.63, 3.8) is 0 Å². The molecular weight excluding hydrogens is 566 g/mol. The van der Waals surface area contributed by atoms with E-state index in [9.17, 15) is 19.2 Å². The van der Waals surface area contributed by atoms with Crippen molar-refractivity contribution in [3.05, 3.63) is 22.3 Å². The van der Waals surface area contributed by atoms with E-state index in [0.29, 0.717) is 24.2 Å². The second kappa shape index (κ2) is 14.3. The Morgan fingerprint density at radius 2 is 1.95 bits per heavy atom. The molecule has 0 spiro atoms. The van der Waals surface area contributed by atoms with E-state index < -0.39 is 41.6 Å². The number of methoxy groups -OCH3 is 1. The average molecular weight is 600 g/mol. The SMILES string of the molecule is CCON=C(C(=O)NC1C(=O)N2C(C(=O)OC(C)OC(=O)OC(CC)CC)=C(COC)CS[C@H]12)c1csc(N)n1. The number of carbonyl (C=O) groups is 4. The van der Waals surface area contributed by atoms with Crippen molar-refractivity contribution in [3.8, 4) is 0 Å². The zero-order valence-corrected chi connectivity index (χ0v) is 24.5. The third kappa shape index (κ3) is 7.22. The number of fused-ring (bicyclic) bond motifs is 1. The van der Waals surface area contributed by atoms with Gasteiger partial charge in [-0.1, -0.05) is 19.0 Å². The molecule has 1 saturated heterocycles. The zero-order valence-electron chi connectivity index (χ0n) is 22.8. The van der Waals surface area contributed by atoms with Gasteiger partial charge in [-0.3, -0.25) is 14.5 Å². The molecule has 3 N–H and O–H groups in total. The van der Waals surface area contributed by atoms with Crippen LogP contribution in [0.5, 0.6) is 0 Å². The lowest BCUT2D eigenvalue weighted by atomic mass is 10.0. The Bertz CT molecular complexity index is 1170. The highest BCUT2D eigenvalue weighted by Crippen LogP contribution is 2.41. The Morgan fingerprint density at radius 3 is 2.55 bits per heavy atom. The van der Waals surface area contributed by atoms with Crippen LogP contribution in [0.3, 0.4) is 0 Å². The van der Waals surface area contributed by atoms with Gasteiger partial charge in [0.15, 0.2) is 10.8 Å². The van der Waals surface area contributed by atoms with Crippen molar-refractivity contribution < 1.29 is 43.0 Å². The highest BCUT2D eigenvalue weighted by molar-refractivity contribution is 8.00. The van der Waals surface area contributed by atoms with Gasteiger partial charge in [-0.2, -0.15) is 0 Å². The van der Waals surface area contributed by atoms with Gasteiger partial charge in [0.25, 0.3) is 11.8 Å².